The van der Waals surface area contributed by atoms with Crippen LogP contribution in [0.5, 0.6) is 17.2 Å². The van der Waals surface area contributed by atoms with Gasteiger partial charge in [0.2, 0.25) is 0 Å². The van der Waals surface area contributed by atoms with E-state index in [2.05, 4.69) is 19.6 Å². The number of ether oxygens (including phenoxy) is 4. The van der Waals surface area contributed by atoms with Crippen molar-refractivity contribution in [1.82, 2.24) is 0 Å². The molecule has 8 nitrogen and oxygen atoms in total. The maximum Gasteiger partial charge on any atom is 0.298 e. The van der Waals surface area contributed by atoms with Crippen LogP contribution in [-0.2, 0) is 25.5 Å². The van der Waals surface area contributed by atoms with Crippen LogP contribution in [0.25, 0.3) is 0 Å². The number of benzene rings is 1. The summed E-state index contributed by atoms with van der Waals surface area (Å²) in [5.41, 5.74) is -0.259. The molecule has 7 atom stereocenters. The molecule has 2 saturated carbocycles. The molecule has 1 saturated heterocycles. The lowest BCUT2D eigenvalue weighted by molar-refractivity contribution is -0.171. The minimum absolute atomic E-state index is 0.0546. The molecule has 0 amide bonds. The first kappa shape index (κ1) is 31.0. The minimum atomic E-state index is -1.54. The number of phenolic OH excluding ortho intramolecular Hbond substituents is 1. The fourth-order valence-corrected chi connectivity index (χ4v) is 9.68. The first-order valence-electron chi connectivity index (χ1n) is 16.5. The maximum atomic E-state index is 15.0. The smallest absolute Gasteiger partial charge is 0.298 e. The second kappa shape index (κ2) is 9.93. The van der Waals surface area contributed by atoms with Crippen molar-refractivity contribution in [3.05, 3.63) is 64.0 Å². The number of carbonyl (C=O) groups excluding carboxylic acids is 3. The number of carbonyl (C=O) groups is 3. The van der Waals surface area contributed by atoms with E-state index in [1.165, 1.54) is 0 Å². The molecular formula is C38H44O8. The van der Waals surface area contributed by atoms with Gasteiger partial charge in [0.05, 0.1) is 5.60 Å². The van der Waals surface area contributed by atoms with Crippen LogP contribution in [0.2, 0.25) is 0 Å². The highest BCUT2D eigenvalue weighted by atomic mass is 16.6. The van der Waals surface area contributed by atoms with E-state index in [4.69, 9.17) is 18.9 Å². The van der Waals surface area contributed by atoms with Crippen molar-refractivity contribution in [2.75, 3.05) is 0 Å². The van der Waals surface area contributed by atoms with Gasteiger partial charge in [-0.2, -0.15) is 0 Å². The molecule has 3 fully saturated rings. The van der Waals surface area contributed by atoms with Crippen LogP contribution in [-0.4, -0.2) is 45.5 Å². The summed E-state index contributed by atoms with van der Waals surface area (Å²) in [6.07, 6.45) is 8.89. The van der Waals surface area contributed by atoms with Gasteiger partial charge < -0.3 is 24.1 Å². The molecule has 7 aliphatic rings. The van der Waals surface area contributed by atoms with Gasteiger partial charge in [0.1, 0.15) is 34.2 Å². The second-order valence-electron chi connectivity index (χ2n) is 15.4. The molecule has 46 heavy (non-hydrogen) atoms. The van der Waals surface area contributed by atoms with Crippen molar-refractivity contribution >= 4 is 18.0 Å². The number of hydrogen-bond donors (Lipinski definition) is 1. The van der Waals surface area contributed by atoms with Crippen molar-refractivity contribution < 1.29 is 38.4 Å². The Morgan fingerprint density at radius 2 is 1.85 bits per heavy atom. The van der Waals surface area contributed by atoms with E-state index >= 15 is 0 Å². The van der Waals surface area contributed by atoms with Gasteiger partial charge in [-0.15, -0.1) is 0 Å². The first-order chi connectivity index (χ1) is 21.6. The zero-order chi connectivity index (χ0) is 33.1. The van der Waals surface area contributed by atoms with Crippen LogP contribution in [0, 0.1) is 17.8 Å². The maximum absolute atomic E-state index is 15.0. The third-order valence-electron chi connectivity index (χ3n) is 11.7. The Kier molecular flexibility index (Phi) is 6.68. The first-order valence-corrected chi connectivity index (χ1v) is 16.5. The number of Topliss-reactive ketones (excluding diaryl/α,β-unsaturated/α-hetero) is 2. The largest absolute Gasteiger partial charge is 0.507 e. The van der Waals surface area contributed by atoms with E-state index in [1.54, 1.807) is 19.1 Å². The van der Waals surface area contributed by atoms with Gasteiger partial charge in [0.15, 0.2) is 22.8 Å². The van der Waals surface area contributed by atoms with Gasteiger partial charge in [0.25, 0.3) is 6.47 Å². The van der Waals surface area contributed by atoms with Crippen LogP contribution >= 0.6 is 0 Å². The fourth-order valence-electron chi connectivity index (χ4n) is 9.68. The molecule has 8 rings (SSSR count). The molecule has 1 N–H and O–H groups in total. The molecule has 1 aromatic rings. The lowest BCUT2D eigenvalue weighted by atomic mass is 9.51. The predicted molar refractivity (Wildman–Crippen MR) is 171 cm³/mol. The molecular weight excluding hydrogens is 584 g/mol. The average molecular weight is 629 g/mol. The molecule has 4 aliphatic carbocycles. The van der Waals surface area contributed by atoms with Crippen molar-refractivity contribution in [3.63, 3.8) is 0 Å². The zero-order valence-electron chi connectivity index (χ0n) is 27.9. The summed E-state index contributed by atoms with van der Waals surface area (Å²) in [4.78, 5) is 40.4. The zero-order valence-corrected chi connectivity index (χ0v) is 27.9. The SMILES string of the molecule is C=C(C)C1CC[C@]2(C)C[C@H]1c1c(O)c3c(c(CC=C(C)C)c1O2)O[C@]12C(=CC4CC1C(C)(C)OC2(CC=C(C)OC=O)C4=O)C3=O. The van der Waals surface area contributed by atoms with E-state index in [9.17, 15) is 19.5 Å². The van der Waals surface area contributed by atoms with Crippen molar-refractivity contribution in [2.24, 2.45) is 17.8 Å². The van der Waals surface area contributed by atoms with E-state index in [0.29, 0.717) is 53.9 Å². The van der Waals surface area contributed by atoms with E-state index in [0.717, 1.165) is 24.0 Å². The summed E-state index contributed by atoms with van der Waals surface area (Å²) < 4.78 is 26.0. The van der Waals surface area contributed by atoms with Crippen molar-refractivity contribution in [1.29, 1.82) is 0 Å². The second-order valence-corrected chi connectivity index (χ2v) is 15.4. The quantitative estimate of drug-likeness (QED) is 0.196. The third-order valence-corrected chi connectivity index (χ3v) is 11.7. The molecule has 3 aliphatic heterocycles. The number of phenols is 1. The number of aromatic hydroxyl groups is 1. The monoisotopic (exact) mass is 628 g/mol. The molecule has 3 heterocycles. The summed E-state index contributed by atoms with van der Waals surface area (Å²) in [6, 6.07) is 0. The van der Waals surface area contributed by atoms with Gasteiger partial charge >= 0.3 is 0 Å². The molecule has 0 radical (unpaired) electrons. The normalized spacial score (nSPS) is 36.0. The number of hydrogen-bond acceptors (Lipinski definition) is 8. The summed E-state index contributed by atoms with van der Waals surface area (Å²) >= 11 is 0. The lowest BCUT2D eigenvalue weighted by Crippen LogP contribution is -2.72. The van der Waals surface area contributed by atoms with Crippen LogP contribution < -0.4 is 9.47 Å². The predicted octanol–water partition coefficient (Wildman–Crippen LogP) is 6.99. The molecule has 8 heteroatoms. The molecule has 244 valence electrons. The Labute approximate surface area is 270 Å². The topological polar surface area (TPSA) is 108 Å². The van der Waals surface area contributed by atoms with Gasteiger partial charge in [-0.1, -0.05) is 29.9 Å². The Balaban J connectivity index is 1.51. The highest BCUT2D eigenvalue weighted by Crippen LogP contribution is 2.69. The van der Waals surface area contributed by atoms with Crippen molar-refractivity contribution in [3.8, 4) is 17.2 Å². The Morgan fingerprint density at radius 3 is 2.52 bits per heavy atom. The highest BCUT2D eigenvalue weighted by molar-refractivity contribution is 6.18. The molecule has 0 aromatic heterocycles. The Hall–Kier alpha value is -3.65. The van der Waals surface area contributed by atoms with Gasteiger partial charge in [0, 0.05) is 40.9 Å². The van der Waals surface area contributed by atoms with Gasteiger partial charge in [-0.25, -0.2) is 0 Å². The number of fused-ring (bicyclic) bond motifs is 5. The van der Waals surface area contributed by atoms with Crippen LogP contribution in [0.3, 0.4) is 0 Å². The van der Waals surface area contributed by atoms with E-state index in [1.807, 2.05) is 34.6 Å². The van der Waals surface area contributed by atoms with Gasteiger partial charge in [-0.05, 0) is 92.6 Å². The third kappa shape index (κ3) is 3.91. The van der Waals surface area contributed by atoms with Crippen LogP contribution in [0.15, 0.2) is 47.3 Å². The van der Waals surface area contributed by atoms with Crippen LogP contribution in [0.4, 0.5) is 0 Å². The summed E-state index contributed by atoms with van der Waals surface area (Å²) in [5.74, 6) is -0.231. The van der Waals surface area contributed by atoms with Gasteiger partial charge in [-0.3, -0.25) is 14.4 Å². The molecule has 1 aromatic carbocycles. The molecule has 4 unspecified atom stereocenters. The lowest BCUT2D eigenvalue weighted by Gasteiger charge is -2.56. The number of allylic oxidation sites excluding steroid dienone is 5. The van der Waals surface area contributed by atoms with Crippen molar-refractivity contribution in [2.45, 2.75) is 115 Å². The van der Waals surface area contributed by atoms with E-state index in [-0.39, 0.29) is 52.8 Å². The summed E-state index contributed by atoms with van der Waals surface area (Å²) in [6.45, 7) is 18.4. The number of ketones is 2. The summed E-state index contributed by atoms with van der Waals surface area (Å²) in [5, 5.41) is 12.2. The molecule has 6 bridgehead atoms. The molecule has 1 spiro atoms. The average Bonchev–Trinajstić information content (AvgIpc) is 3.12. The van der Waals surface area contributed by atoms with E-state index < -0.39 is 28.3 Å². The Bertz CT molecular complexity index is 1700. The fraction of sp³-hybridized carbons (Fsp3) is 0.553. The highest BCUT2D eigenvalue weighted by Gasteiger charge is 2.81. The Morgan fingerprint density at radius 1 is 1.11 bits per heavy atom. The number of rotatable bonds is 7. The minimum Gasteiger partial charge on any atom is -0.507 e. The summed E-state index contributed by atoms with van der Waals surface area (Å²) in [7, 11) is 0. The standard InChI is InChI=1S/C38H44O8/c1-19(2)9-10-24-32-28(25-17-36(8,44-32)13-12-23(25)20(3)4)31(41)29-30(40)26-15-22-16-27-35(6,7)46-37(34(22)42,14-11-21(5)43-18-39)38(26,27)45-33(24)29/h9,11,15,18,22-23,25,27,41H,3,10,12-14,16-17H2,1-2,4-8H3/t22?,23?,25-,27?,36-,37?,38-/m1/s1. The van der Waals surface area contributed by atoms with Crippen LogP contribution in [0.1, 0.15) is 108 Å².